The largest absolute Gasteiger partial charge is 0.389 e. The van der Waals surface area contributed by atoms with Gasteiger partial charge in [0.2, 0.25) is 0 Å². The fourth-order valence-electron chi connectivity index (χ4n) is 3.86. The molecule has 98 valence electrons. The van der Waals surface area contributed by atoms with Crippen LogP contribution in [0.3, 0.4) is 0 Å². The quantitative estimate of drug-likeness (QED) is 0.859. The summed E-state index contributed by atoms with van der Waals surface area (Å²) in [7, 11) is 0. The lowest BCUT2D eigenvalue weighted by Crippen LogP contribution is -2.57. The van der Waals surface area contributed by atoms with Gasteiger partial charge >= 0.3 is 0 Å². The number of nitrogens with two attached hydrogens (primary N) is 1. The lowest BCUT2D eigenvalue weighted by molar-refractivity contribution is -0.0768. The highest BCUT2D eigenvalue weighted by molar-refractivity contribution is 5.44. The molecule has 0 heterocycles. The normalized spacial score (nSPS) is 31.8. The molecule has 0 amide bonds. The number of rotatable bonds is 3. The summed E-state index contributed by atoms with van der Waals surface area (Å²) in [5.74, 6) is 0. The minimum Gasteiger partial charge on any atom is -0.389 e. The van der Waals surface area contributed by atoms with Crippen molar-refractivity contribution in [2.75, 3.05) is 6.54 Å². The Balaban J connectivity index is 2.13. The van der Waals surface area contributed by atoms with Gasteiger partial charge in [0.05, 0.1) is 5.60 Å². The van der Waals surface area contributed by atoms with E-state index in [1.165, 1.54) is 11.1 Å². The summed E-state index contributed by atoms with van der Waals surface area (Å²) in [4.78, 5) is 0. The van der Waals surface area contributed by atoms with Crippen molar-refractivity contribution in [1.29, 1.82) is 0 Å². The van der Waals surface area contributed by atoms with Gasteiger partial charge in [-0.25, -0.2) is 0 Å². The van der Waals surface area contributed by atoms with Gasteiger partial charge in [0, 0.05) is 12.0 Å². The van der Waals surface area contributed by atoms with Crippen molar-refractivity contribution in [3.8, 4) is 0 Å². The third-order valence-electron chi connectivity index (χ3n) is 5.81. The number of hydrogen-bond donors (Lipinski definition) is 2. The Hall–Kier alpha value is -0.860. The second kappa shape index (κ2) is 3.58. The van der Waals surface area contributed by atoms with Crippen molar-refractivity contribution in [1.82, 2.24) is 0 Å². The number of benzene rings is 1. The minimum absolute atomic E-state index is 0.0455. The van der Waals surface area contributed by atoms with Gasteiger partial charge in [-0.2, -0.15) is 0 Å². The molecule has 2 atom stereocenters. The molecule has 0 bridgehead atoms. The maximum Gasteiger partial charge on any atom is 0.0781 e. The fraction of sp³-hybridized carbons (Fsp3) is 0.625. The van der Waals surface area contributed by atoms with Gasteiger partial charge in [0.15, 0.2) is 0 Å². The third kappa shape index (κ3) is 1.31. The zero-order chi connectivity index (χ0) is 13.0. The smallest absolute Gasteiger partial charge is 0.0781 e. The third-order valence-corrected chi connectivity index (χ3v) is 5.81. The van der Waals surface area contributed by atoms with Crippen LogP contribution in [-0.2, 0) is 11.8 Å². The summed E-state index contributed by atoms with van der Waals surface area (Å²) >= 11 is 0. The Kier molecular flexibility index (Phi) is 2.43. The van der Waals surface area contributed by atoms with Gasteiger partial charge in [0.25, 0.3) is 0 Å². The molecule has 2 unspecified atom stereocenters. The van der Waals surface area contributed by atoms with Crippen LogP contribution in [0.1, 0.15) is 44.2 Å². The zero-order valence-corrected chi connectivity index (χ0v) is 11.4. The van der Waals surface area contributed by atoms with Crippen LogP contribution in [0, 0.1) is 5.41 Å². The summed E-state index contributed by atoms with van der Waals surface area (Å²) in [5.41, 5.74) is 7.87. The molecule has 2 heteroatoms. The Morgan fingerprint density at radius 2 is 1.94 bits per heavy atom. The lowest BCUT2D eigenvalue weighted by Gasteiger charge is -2.47. The summed E-state index contributed by atoms with van der Waals surface area (Å²) in [5, 5.41) is 11.2. The van der Waals surface area contributed by atoms with Crippen LogP contribution in [0.4, 0.5) is 0 Å². The molecule has 1 fully saturated rings. The summed E-state index contributed by atoms with van der Waals surface area (Å²) < 4.78 is 0. The lowest BCUT2D eigenvalue weighted by atomic mass is 9.62. The Morgan fingerprint density at radius 1 is 1.28 bits per heavy atom. The molecule has 0 aliphatic heterocycles. The topological polar surface area (TPSA) is 46.2 Å². The predicted octanol–water partition coefficient (Wildman–Crippen LogP) is 2.38. The fourth-order valence-corrected chi connectivity index (χ4v) is 3.86. The van der Waals surface area contributed by atoms with E-state index >= 15 is 0 Å². The molecule has 0 spiro atoms. The van der Waals surface area contributed by atoms with Crippen LogP contribution in [-0.4, -0.2) is 17.3 Å². The molecule has 0 aromatic heterocycles. The number of fused-ring (bicyclic) bond motifs is 1. The monoisotopic (exact) mass is 245 g/mol. The minimum atomic E-state index is -0.707. The molecule has 2 aliphatic rings. The highest BCUT2D eigenvalue weighted by Crippen LogP contribution is 2.62. The van der Waals surface area contributed by atoms with Gasteiger partial charge in [-0.15, -0.1) is 0 Å². The van der Waals surface area contributed by atoms with Crippen LogP contribution in [0.25, 0.3) is 0 Å². The van der Waals surface area contributed by atoms with Gasteiger partial charge in [0.1, 0.15) is 0 Å². The molecule has 0 radical (unpaired) electrons. The maximum atomic E-state index is 11.2. The van der Waals surface area contributed by atoms with Crippen molar-refractivity contribution in [3.63, 3.8) is 0 Å². The molecule has 2 aliphatic carbocycles. The van der Waals surface area contributed by atoms with E-state index in [0.29, 0.717) is 6.54 Å². The van der Waals surface area contributed by atoms with E-state index in [9.17, 15) is 5.11 Å². The summed E-state index contributed by atoms with van der Waals surface area (Å²) in [6.45, 7) is 4.74. The van der Waals surface area contributed by atoms with Crippen molar-refractivity contribution in [3.05, 3.63) is 35.4 Å². The van der Waals surface area contributed by atoms with Crippen molar-refractivity contribution >= 4 is 0 Å². The molecular weight excluding hydrogens is 222 g/mol. The molecule has 3 N–H and O–H groups in total. The van der Waals surface area contributed by atoms with Crippen LogP contribution in [0.2, 0.25) is 0 Å². The van der Waals surface area contributed by atoms with Gasteiger partial charge < -0.3 is 10.8 Å². The molecule has 0 saturated heterocycles. The van der Waals surface area contributed by atoms with E-state index in [1.54, 1.807) is 0 Å². The maximum absolute atomic E-state index is 11.2. The van der Waals surface area contributed by atoms with E-state index < -0.39 is 5.60 Å². The number of hydrogen-bond acceptors (Lipinski definition) is 2. The SMILES string of the molecule is CC1(C(C)(O)C2(CN)CCc3ccccc32)CC1. The van der Waals surface area contributed by atoms with Crippen molar-refractivity contribution < 1.29 is 5.11 Å². The first-order valence-electron chi connectivity index (χ1n) is 6.98. The first-order valence-corrected chi connectivity index (χ1v) is 6.98. The second-order valence-corrected chi connectivity index (χ2v) is 6.58. The van der Waals surface area contributed by atoms with E-state index in [1.807, 2.05) is 6.92 Å². The van der Waals surface area contributed by atoms with Crippen LogP contribution < -0.4 is 5.73 Å². The number of aliphatic hydroxyl groups is 1. The van der Waals surface area contributed by atoms with Gasteiger partial charge in [-0.05, 0) is 49.1 Å². The summed E-state index contributed by atoms with van der Waals surface area (Å²) in [6, 6.07) is 8.49. The Morgan fingerprint density at radius 3 is 2.56 bits per heavy atom. The van der Waals surface area contributed by atoms with E-state index in [4.69, 9.17) is 5.73 Å². The molecule has 18 heavy (non-hydrogen) atoms. The highest BCUT2D eigenvalue weighted by atomic mass is 16.3. The van der Waals surface area contributed by atoms with Crippen LogP contribution >= 0.6 is 0 Å². The molecule has 1 saturated carbocycles. The van der Waals surface area contributed by atoms with Crippen molar-refractivity contribution in [2.45, 2.75) is 50.5 Å². The van der Waals surface area contributed by atoms with E-state index in [2.05, 4.69) is 31.2 Å². The highest BCUT2D eigenvalue weighted by Gasteiger charge is 2.63. The standard InChI is InChI=1S/C16H23NO/c1-14(9-10-14)15(2,18)16(11-17)8-7-12-5-3-4-6-13(12)16/h3-6,18H,7-11,17H2,1-2H3. The second-order valence-electron chi connectivity index (χ2n) is 6.58. The Labute approximate surface area is 109 Å². The van der Waals surface area contributed by atoms with Crippen LogP contribution in [0.5, 0.6) is 0 Å². The molecule has 1 aromatic carbocycles. The molecule has 2 nitrogen and oxygen atoms in total. The average molecular weight is 245 g/mol. The van der Waals surface area contributed by atoms with E-state index in [-0.39, 0.29) is 10.8 Å². The van der Waals surface area contributed by atoms with Gasteiger partial charge in [-0.3, -0.25) is 0 Å². The number of aryl methyl sites for hydroxylation is 1. The van der Waals surface area contributed by atoms with Gasteiger partial charge in [-0.1, -0.05) is 31.2 Å². The predicted molar refractivity (Wildman–Crippen MR) is 73.5 cm³/mol. The molecule has 1 aromatic rings. The molecular formula is C16H23NO. The van der Waals surface area contributed by atoms with Crippen molar-refractivity contribution in [2.24, 2.45) is 11.1 Å². The summed E-state index contributed by atoms with van der Waals surface area (Å²) in [6.07, 6.45) is 4.25. The van der Waals surface area contributed by atoms with E-state index in [0.717, 1.165) is 25.7 Å². The Bertz CT molecular complexity index is 476. The average Bonchev–Trinajstić information content (AvgIpc) is 3.01. The molecule has 3 rings (SSSR count). The zero-order valence-electron chi connectivity index (χ0n) is 11.4. The van der Waals surface area contributed by atoms with Crippen LogP contribution in [0.15, 0.2) is 24.3 Å². The first kappa shape index (κ1) is 12.2. The first-order chi connectivity index (χ1) is 8.47.